The number of hydrogen-bond donors (Lipinski definition) is 1. The van der Waals surface area contributed by atoms with Gasteiger partial charge in [-0.05, 0) is 31.0 Å². The van der Waals surface area contributed by atoms with E-state index < -0.39 is 0 Å². The number of hydrogen-bond acceptors (Lipinski definition) is 5. The lowest BCUT2D eigenvalue weighted by atomic mass is 10.2. The predicted molar refractivity (Wildman–Crippen MR) is 94.7 cm³/mol. The molecule has 1 atom stereocenters. The molecule has 3 rings (SSSR count). The highest BCUT2D eigenvalue weighted by Crippen LogP contribution is 2.12. The lowest BCUT2D eigenvalue weighted by molar-refractivity contribution is 0.0519. The molecule has 0 aliphatic carbocycles. The quantitative estimate of drug-likeness (QED) is 0.880. The van der Waals surface area contributed by atoms with Gasteiger partial charge in [0.05, 0.1) is 18.0 Å². The van der Waals surface area contributed by atoms with E-state index in [1.165, 1.54) is 0 Å². The molecule has 1 aliphatic heterocycles. The molecular weight excluding hydrogens is 318 g/mol. The molecule has 1 saturated heterocycles. The van der Waals surface area contributed by atoms with Crippen LogP contribution in [-0.4, -0.2) is 74.6 Å². The molecule has 0 radical (unpaired) electrons. The molecule has 7 nitrogen and oxygen atoms in total. The van der Waals surface area contributed by atoms with Crippen molar-refractivity contribution < 1.29 is 9.90 Å². The summed E-state index contributed by atoms with van der Waals surface area (Å²) in [4.78, 5) is 16.6. The predicted octanol–water partition coefficient (Wildman–Crippen LogP) is 1.10. The van der Waals surface area contributed by atoms with E-state index in [1.807, 2.05) is 38.1 Å². The van der Waals surface area contributed by atoms with Crippen LogP contribution in [0.4, 0.5) is 0 Å². The second-order valence-electron chi connectivity index (χ2n) is 6.54. The van der Waals surface area contributed by atoms with Gasteiger partial charge in [-0.15, -0.1) is 5.10 Å². The Morgan fingerprint density at radius 1 is 1.28 bits per heavy atom. The van der Waals surface area contributed by atoms with Crippen molar-refractivity contribution in [2.24, 2.45) is 0 Å². The molecule has 0 saturated carbocycles. The maximum atomic E-state index is 12.6. The number of nitrogens with zero attached hydrogens (tertiary/aromatic N) is 5. The van der Waals surface area contributed by atoms with Crippen molar-refractivity contribution in [2.75, 3.05) is 32.7 Å². The Hall–Kier alpha value is -2.25. The van der Waals surface area contributed by atoms with Crippen molar-refractivity contribution in [1.29, 1.82) is 0 Å². The number of rotatable bonds is 5. The van der Waals surface area contributed by atoms with Gasteiger partial charge in [0.2, 0.25) is 0 Å². The van der Waals surface area contributed by atoms with Crippen molar-refractivity contribution in [1.82, 2.24) is 24.8 Å². The standard InChI is InChI=1S/C18H25N5O2/c1-3-16(24)12-21-7-9-22(10-8-21)18(25)17-13-23(20-19-17)15-6-4-5-14(2)11-15/h4-6,11,13,16,24H,3,7-10,12H2,1-2H3/t16-/m1/s1. The summed E-state index contributed by atoms with van der Waals surface area (Å²) in [5.41, 5.74) is 2.39. The van der Waals surface area contributed by atoms with Crippen LogP contribution in [0.3, 0.4) is 0 Å². The van der Waals surface area contributed by atoms with E-state index in [2.05, 4.69) is 15.2 Å². The molecule has 25 heavy (non-hydrogen) atoms. The van der Waals surface area contributed by atoms with Gasteiger partial charge in [-0.3, -0.25) is 9.69 Å². The summed E-state index contributed by atoms with van der Waals surface area (Å²) in [7, 11) is 0. The molecular formula is C18H25N5O2. The summed E-state index contributed by atoms with van der Waals surface area (Å²) in [5.74, 6) is -0.0883. The number of carbonyl (C=O) groups is 1. The van der Waals surface area contributed by atoms with Crippen molar-refractivity contribution in [3.63, 3.8) is 0 Å². The van der Waals surface area contributed by atoms with Gasteiger partial charge >= 0.3 is 0 Å². The molecule has 2 aromatic rings. The third-order valence-electron chi connectivity index (χ3n) is 4.58. The molecule has 1 amide bonds. The van der Waals surface area contributed by atoms with Gasteiger partial charge in [0, 0.05) is 32.7 Å². The van der Waals surface area contributed by atoms with E-state index in [1.54, 1.807) is 15.8 Å². The zero-order chi connectivity index (χ0) is 17.8. The van der Waals surface area contributed by atoms with Gasteiger partial charge in [-0.1, -0.05) is 24.3 Å². The van der Waals surface area contributed by atoms with Crippen molar-refractivity contribution in [2.45, 2.75) is 26.4 Å². The molecule has 0 unspecified atom stereocenters. The second-order valence-corrected chi connectivity index (χ2v) is 6.54. The number of aliphatic hydroxyl groups excluding tert-OH is 1. The number of amides is 1. The zero-order valence-electron chi connectivity index (χ0n) is 14.8. The molecule has 1 aliphatic rings. The first-order valence-corrected chi connectivity index (χ1v) is 8.76. The third kappa shape index (κ3) is 4.24. The summed E-state index contributed by atoms with van der Waals surface area (Å²) in [6, 6.07) is 7.91. The summed E-state index contributed by atoms with van der Waals surface area (Å²) in [6.45, 7) is 7.49. The van der Waals surface area contributed by atoms with Gasteiger partial charge in [-0.2, -0.15) is 0 Å². The Morgan fingerprint density at radius 3 is 2.72 bits per heavy atom. The molecule has 1 fully saturated rings. The lowest BCUT2D eigenvalue weighted by Gasteiger charge is -2.35. The molecule has 1 N–H and O–H groups in total. The fraction of sp³-hybridized carbons (Fsp3) is 0.500. The maximum absolute atomic E-state index is 12.6. The maximum Gasteiger partial charge on any atom is 0.276 e. The van der Waals surface area contributed by atoms with Crippen molar-refractivity contribution >= 4 is 5.91 Å². The number of piperazine rings is 1. The minimum atomic E-state index is -0.295. The first-order chi connectivity index (χ1) is 12.1. The van der Waals surface area contributed by atoms with E-state index in [0.29, 0.717) is 25.3 Å². The summed E-state index contributed by atoms with van der Waals surface area (Å²) >= 11 is 0. The highest BCUT2D eigenvalue weighted by Gasteiger charge is 2.25. The van der Waals surface area contributed by atoms with Gasteiger partial charge in [0.1, 0.15) is 0 Å². The van der Waals surface area contributed by atoms with Gasteiger partial charge in [0.25, 0.3) is 5.91 Å². The zero-order valence-corrected chi connectivity index (χ0v) is 14.8. The van der Waals surface area contributed by atoms with Crippen LogP contribution in [0, 0.1) is 6.92 Å². The summed E-state index contributed by atoms with van der Waals surface area (Å²) in [5, 5.41) is 17.9. The van der Waals surface area contributed by atoms with E-state index in [-0.39, 0.29) is 12.0 Å². The van der Waals surface area contributed by atoms with Crippen LogP contribution >= 0.6 is 0 Å². The van der Waals surface area contributed by atoms with E-state index in [0.717, 1.165) is 30.8 Å². The summed E-state index contributed by atoms with van der Waals surface area (Å²) in [6.07, 6.45) is 2.14. The van der Waals surface area contributed by atoms with E-state index >= 15 is 0 Å². The van der Waals surface area contributed by atoms with Crippen LogP contribution in [-0.2, 0) is 0 Å². The van der Waals surface area contributed by atoms with Crippen LogP contribution < -0.4 is 0 Å². The minimum absolute atomic E-state index is 0.0883. The molecule has 0 spiro atoms. The molecule has 1 aromatic carbocycles. The summed E-state index contributed by atoms with van der Waals surface area (Å²) < 4.78 is 1.63. The molecule has 0 bridgehead atoms. The van der Waals surface area contributed by atoms with Gasteiger partial charge in [0.15, 0.2) is 5.69 Å². The molecule has 7 heteroatoms. The Balaban J connectivity index is 1.61. The molecule has 134 valence electrons. The van der Waals surface area contributed by atoms with E-state index in [4.69, 9.17) is 0 Å². The second kappa shape index (κ2) is 7.76. The number of benzene rings is 1. The number of β-amino-alcohol motifs (C(OH)–C–C–N with tert-alkyl or cyclic N) is 1. The largest absolute Gasteiger partial charge is 0.392 e. The number of aliphatic hydroxyl groups is 1. The first kappa shape index (κ1) is 17.6. The topological polar surface area (TPSA) is 74.5 Å². The van der Waals surface area contributed by atoms with Gasteiger partial charge < -0.3 is 10.0 Å². The third-order valence-corrected chi connectivity index (χ3v) is 4.58. The van der Waals surface area contributed by atoms with Crippen LogP contribution in [0.1, 0.15) is 29.4 Å². The average molecular weight is 343 g/mol. The smallest absolute Gasteiger partial charge is 0.276 e. The lowest BCUT2D eigenvalue weighted by Crippen LogP contribution is -2.50. The molecule has 2 heterocycles. The van der Waals surface area contributed by atoms with Crippen LogP contribution in [0.15, 0.2) is 30.5 Å². The van der Waals surface area contributed by atoms with Crippen molar-refractivity contribution in [3.8, 4) is 5.69 Å². The fourth-order valence-corrected chi connectivity index (χ4v) is 2.98. The Morgan fingerprint density at radius 2 is 2.04 bits per heavy atom. The Bertz CT molecular complexity index is 722. The minimum Gasteiger partial charge on any atom is -0.392 e. The Kier molecular flexibility index (Phi) is 5.45. The van der Waals surface area contributed by atoms with Crippen LogP contribution in [0.2, 0.25) is 0 Å². The highest BCUT2D eigenvalue weighted by molar-refractivity contribution is 5.92. The van der Waals surface area contributed by atoms with Crippen LogP contribution in [0.5, 0.6) is 0 Å². The van der Waals surface area contributed by atoms with E-state index in [9.17, 15) is 9.90 Å². The average Bonchev–Trinajstić information content (AvgIpc) is 3.12. The first-order valence-electron chi connectivity index (χ1n) is 8.76. The number of carbonyl (C=O) groups excluding carboxylic acids is 1. The Labute approximate surface area is 147 Å². The fourth-order valence-electron chi connectivity index (χ4n) is 2.98. The SMILES string of the molecule is CC[C@@H](O)CN1CCN(C(=O)c2cn(-c3cccc(C)c3)nn2)CC1. The molecule has 1 aromatic heterocycles. The normalized spacial score (nSPS) is 16.8. The van der Waals surface area contributed by atoms with Gasteiger partial charge in [-0.25, -0.2) is 4.68 Å². The number of aryl methyl sites for hydroxylation is 1. The number of aromatic nitrogens is 3. The monoisotopic (exact) mass is 343 g/mol. The van der Waals surface area contributed by atoms with Crippen molar-refractivity contribution in [3.05, 3.63) is 41.7 Å². The highest BCUT2D eigenvalue weighted by atomic mass is 16.3. The van der Waals surface area contributed by atoms with Crippen LogP contribution in [0.25, 0.3) is 5.69 Å².